The number of nitrogens with one attached hydrogen (secondary N) is 1. The molecule has 0 unspecified atom stereocenters. The Morgan fingerprint density at radius 3 is 2.06 bits per heavy atom. The summed E-state index contributed by atoms with van der Waals surface area (Å²) in [5.41, 5.74) is 0.950. The van der Waals surface area contributed by atoms with Crippen LogP contribution in [0.2, 0.25) is 5.02 Å². The standard InChI is InChI=1S/C21H12Br4ClNO4.Na/c22-16-14(15(21(29)30)17(23)19(25)18(16)24)20(28)27-11-6-7-13(12(26)8-11)31-9-10-4-2-1-3-5-10;/h1-8H,9H2,(H,27,28)(H,29,30);/q;+1/p-1. The van der Waals surface area contributed by atoms with Gasteiger partial charge in [0, 0.05) is 29.1 Å². The van der Waals surface area contributed by atoms with Crippen LogP contribution < -0.4 is 44.7 Å². The van der Waals surface area contributed by atoms with Crippen LogP contribution >= 0.6 is 75.3 Å². The molecule has 0 aliphatic rings. The van der Waals surface area contributed by atoms with Crippen molar-refractivity contribution in [2.45, 2.75) is 6.61 Å². The molecule has 0 aliphatic carbocycles. The van der Waals surface area contributed by atoms with E-state index in [1.165, 1.54) is 6.07 Å². The van der Waals surface area contributed by atoms with E-state index in [0.717, 1.165) is 5.56 Å². The Balaban J connectivity index is 0.00000363. The SMILES string of the molecule is O=C([O-])c1c(Br)c(Br)c(Br)c(Br)c1C(=O)Nc1ccc(OCc2ccccc2)c(Cl)c1.[Na+]. The van der Waals surface area contributed by atoms with Gasteiger partial charge in [-0.3, -0.25) is 4.79 Å². The summed E-state index contributed by atoms with van der Waals surface area (Å²) in [6.07, 6.45) is 0. The van der Waals surface area contributed by atoms with Gasteiger partial charge in [-0.25, -0.2) is 0 Å². The van der Waals surface area contributed by atoms with Crippen molar-refractivity contribution in [3.8, 4) is 5.75 Å². The third-order valence-electron chi connectivity index (χ3n) is 4.13. The summed E-state index contributed by atoms with van der Waals surface area (Å²) in [6.45, 7) is 0.342. The second kappa shape index (κ2) is 12.4. The van der Waals surface area contributed by atoms with Crippen LogP contribution in [-0.4, -0.2) is 11.9 Å². The number of carboxylic acids is 1. The molecule has 0 atom stereocenters. The first-order valence-electron chi connectivity index (χ1n) is 8.55. The van der Waals surface area contributed by atoms with E-state index < -0.39 is 11.9 Å². The predicted octanol–water partition coefficient (Wildman–Crippen LogP) is 3.59. The molecule has 1 N–H and O–H groups in total. The Morgan fingerprint density at radius 1 is 0.906 bits per heavy atom. The maximum absolute atomic E-state index is 12.9. The summed E-state index contributed by atoms with van der Waals surface area (Å²) >= 11 is 19.4. The van der Waals surface area contributed by atoms with Crippen molar-refractivity contribution in [2.24, 2.45) is 0 Å². The van der Waals surface area contributed by atoms with Gasteiger partial charge in [0.1, 0.15) is 12.4 Å². The molecule has 3 aromatic carbocycles. The Hall–Kier alpha value is -0.390. The monoisotopic (exact) mass is 715 g/mol. The molecule has 3 rings (SSSR count). The van der Waals surface area contributed by atoms with E-state index in [2.05, 4.69) is 69.0 Å². The fourth-order valence-corrected chi connectivity index (χ4v) is 5.36. The molecule has 0 saturated carbocycles. The minimum absolute atomic E-state index is 0. The number of carbonyl (C=O) groups is 2. The average Bonchev–Trinajstić information content (AvgIpc) is 2.74. The number of aromatic carboxylic acids is 1. The van der Waals surface area contributed by atoms with Crippen molar-refractivity contribution in [1.29, 1.82) is 0 Å². The number of ether oxygens (including phenoxy) is 1. The Kier molecular flexibility index (Phi) is 10.8. The number of hydrogen-bond donors (Lipinski definition) is 1. The smallest absolute Gasteiger partial charge is 0.545 e. The van der Waals surface area contributed by atoms with Gasteiger partial charge < -0.3 is 20.0 Å². The Bertz CT molecular complexity index is 1180. The zero-order valence-corrected chi connectivity index (χ0v) is 25.4. The van der Waals surface area contributed by atoms with E-state index in [-0.39, 0.29) is 49.6 Å². The molecule has 160 valence electrons. The first kappa shape index (κ1) is 27.9. The molecule has 0 saturated heterocycles. The molecule has 0 fully saturated rings. The number of amides is 1. The molecule has 32 heavy (non-hydrogen) atoms. The summed E-state index contributed by atoms with van der Waals surface area (Å²) in [6, 6.07) is 14.4. The van der Waals surface area contributed by atoms with Crippen LogP contribution in [-0.2, 0) is 6.61 Å². The molecule has 5 nitrogen and oxygen atoms in total. The molecular formula is C21H11Br4ClNNaO4. The van der Waals surface area contributed by atoms with Gasteiger partial charge in [0.05, 0.1) is 16.6 Å². The molecular weight excluding hydrogens is 708 g/mol. The first-order chi connectivity index (χ1) is 14.7. The predicted molar refractivity (Wildman–Crippen MR) is 132 cm³/mol. The van der Waals surface area contributed by atoms with Crippen LogP contribution in [0, 0.1) is 0 Å². The van der Waals surface area contributed by atoms with E-state index in [0.29, 0.717) is 32.0 Å². The maximum Gasteiger partial charge on any atom is 1.00 e. The van der Waals surface area contributed by atoms with Crippen LogP contribution in [0.1, 0.15) is 26.3 Å². The van der Waals surface area contributed by atoms with Crippen LogP contribution in [0.3, 0.4) is 0 Å². The van der Waals surface area contributed by atoms with Gasteiger partial charge in [0.25, 0.3) is 5.91 Å². The number of halogens is 5. The molecule has 0 bridgehead atoms. The molecule has 0 aromatic heterocycles. The quantitative estimate of drug-likeness (QED) is 0.240. The van der Waals surface area contributed by atoms with E-state index >= 15 is 0 Å². The Labute approximate surface area is 245 Å². The molecule has 0 heterocycles. The fraction of sp³-hybridized carbons (Fsp3) is 0.0476. The Morgan fingerprint density at radius 2 is 1.50 bits per heavy atom. The van der Waals surface area contributed by atoms with Gasteiger partial charge in [-0.2, -0.15) is 0 Å². The number of anilines is 1. The van der Waals surface area contributed by atoms with Crippen molar-refractivity contribution in [3.05, 3.63) is 88.1 Å². The van der Waals surface area contributed by atoms with Crippen LogP contribution in [0.25, 0.3) is 0 Å². The summed E-state index contributed by atoms with van der Waals surface area (Å²) in [7, 11) is 0. The molecule has 11 heteroatoms. The van der Waals surface area contributed by atoms with Crippen LogP contribution in [0.4, 0.5) is 5.69 Å². The minimum Gasteiger partial charge on any atom is -0.545 e. The summed E-state index contributed by atoms with van der Waals surface area (Å²) in [4.78, 5) is 24.6. The summed E-state index contributed by atoms with van der Waals surface area (Å²) < 4.78 is 7.06. The van der Waals surface area contributed by atoms with Gasteiger partial charge in [-0.05, 0) is 87.5 Å². The van der Waals surface area contributed by atoms with E-state index in [9.17, 15) is 14.7 Å². The maximum atomic E-state index is 12.9. The van der Waals surface area contributed by atoms with Crippen molar-refractivity contribution >= 4 is 92.9 Å². The van der Waals surface area contributed by atoms with Gasteiger partial charge in [0.2, 0.25) is 0 Å². The third-order valence-corrected chi connectivity index (χ3v) is 9.19. The van der Waals surface area contributed by atoms with Gasteiger partial charge in [-0.15, -0.1) is 0 Å². The zero-order chi connectivity index (χ0) is 22.7. The number of carboxylic acid groups (broad SMARTS) is 1. The van der Waals surface area contributed by atoms with E-state index in [1.54, 1.807) is 12.1 Å². The average molecular weight is 719 g/mol. The van der Waals surface area contributed by atoms with Gasteiger partial charge >= 0.3 is 29.6 Å². The fourth-order valence-electron chi connectivity index (χ4n) is 2.66. The minimum atomic E-state index is -1.51. The van der Waals surface area contributed by atoms with Gasteiger partial charge in [0.15, 0.2) is 0 Å². The zero-order valence-electron chi connectivity index (χ0n) is 16.3. The molecule has 0 aliphatic heterocycles. The number of carbonyl (C=O) groups excluding carboxylic acids is 2. The van der Waals surface area contributed by atoms with Crippen LogP contribution in [0.5, 0.6) is 5.75 Å². The van der Waals surface area contributed by atoms with Crippen molar-refractivity contribution in [1.82, 2.24) is 0 Å². The molecule has 3 aromatic rings. The number of rotatable bonds is 6. The van der Waals surface area contributed by atoms with Crippen molar-refractivity contribution in [3.63, 3.8) is 0 Å². The van der Waals surface area contributed by atoms with Gasteiger partial charge in [-0.1, -0.05) is 41.9 Å². The van der Waals surface area contributed by atoms with E-state index in [1.807, 2.05) is 30.3 Å². The first-order valence-corrected chi connectivity index (χ1v) is 12.1. The van der Waals surface area contributed by atoms with Crippen molar-refractivity contribution in [2.75, 3.05) is 5.32 Å². The van der Waals surface area contributed by atoms with Crippen LogP contribution in [0.15, 0.2) is 66.4 Å². The number of hydrogen-bond acceptors (Lipinski definition) is 4. The molecule has 0 spiro atoms. The van der Waals surface area contributed by atoms with Crippen molar-refractivity contribution < 1.29 is 49.0 Å². The number of benzene rings is 3. The molecule has 1 amide bonds. The second-order valence-electron chi connectivity index (χ2n) is 6.17. The van der Waals surface area contributed by atoms with E-state index in [4.69, 9.17) is 16.3 Å². The summed E-state index contributed by atoms with van der Waals surface area (Å²) in [5, 5.41) is 14.6. The molecule has 0 radical (unpaired) electrons. The third kappa shape index (κ3) is 6.39. The largest absolute Gasteiger partial charge is 1.00 e. The summed E-state index contributed by atoms with van der Waals surface area (Å²) in [5.74, 6) is -1.71. The second-order valence-corrected chi connectivity index (χ2v) is 9.75. The normalized spacial score (nSPS) is 10.3. The topological polar surface area (TPSA) is 78.5 Å².